The maximum Gasteiger partial charge on any atom is 0.226 e. The Labute approximate surface area is 105 Å². The SMILES string of the molecule is CCCN(C)C(C)CNC(=O)C(C)(C)CCl. The molecule has 0 aliphatic carbocycles. The van der Waals surface area contributed by atoms with E-state index in [1.165, 1.54) is 0 Å². The van der Waals surface area contributed by atoms with Crippen LogP contribution in [0.25, 0.3) is 0 Å². The van der Waals surface area contributed by atoms with Crippen molar-refractivity contribution in [3.8, 4) is 0 Å². The van der Waals surface area contributed by atoms with Crippen LogP contribution in [0, 0.1) is 5.41 Å². The van der Waals surface area contributed by atoms with Crippen LogP contribution in [-0.4, -0.2) is 42.9 Å². The summed E-state index contributed by atoms with van der Waals surface area (Å²) in [5.41, 5.74) is -0.482. The summed E-state index contributed by atoms with van der Waals surface area (Å²) in [5, 5.41) is 2.95. The molecule has 0 aromatic carbocycles. The highest BCUT2D eigenvalue weighted by molar-refractivity contribution is 6.19. The van der Waals surface area contributed by atoms with E-state index in [4.69, 9.17) is 11.6 Å². The van der Waals surface area contributed by atoms with Crippen molar-refractivity contribution in [2.24, 2.45) is 5.41 Å². The van der Waals surface area contributed by atoms with Crippen molar-refractivity contribution in [3.05, 3.63) is 0 Å². The summed E-state index contributed by atoms with van der Waals surface area (Å²) in [6.07, 6.45) is 1.13. The maximum absolute atomic E-state index is 11.8. The van der Waals surface area contributed by atoms with Crippen LogP contribution in [0.5, 0.6) is 0 Å². The van der Waals surface area contributed by atoms with E-state index in [1.54, 1.807) is 0 Å². The first kappa shape index (κ1) is 15.7. The van der Waals surface area contributed by atoms with E-state index in [0.717, 1.165) is 13.0 Å². The number of nitrogens with one attached hydrogen (secondary N) is 1. The Hall–Kier alpha value is -0.280. The lowest BCUT2D eigenvalue weighted by molar-refractivity contribution is -0.128. The Morgan fingerprint density at radius 3 is 2.50 bits per heavy atom. The Bertz CT molecular complexity index is 219. The molecule has 0 saturated heterocycles. The van der Waals surface area contributed by atoms with Gasteiger partial charge < -0.3 is 10.2 Å². The molecule has 0 saturated carbocycles. The van der Waals surface area contributed by atoms with Crippen LogP contribution in [0.1, 0.15) is 34.1 Å². The fourth-order valence-corrected chi connectivity index (χ4v) is 1.39. The summed E-state index contributed by atoms with van der Waals surface area (Å²) in [6, 6.07) is 0.357. The van der Waals surface area contributed by atoms with Gasteiger partial charge in [0.1, 0.15) is 0 Å². The third-order valence-electron chi connectivity index (χ3n) is 2.84. The summed E-state index contributed by atoms with van der Waals surface area (Å²) >= 11 is 5.74. The molecular weight excluding hydrogens is 224 g/mol. The lowest BCUT2D eigenvalue weighted by Gasteiger charge is -2.27. The minimum Gasteiger partial charge on any atom is -0.354 e. The fraction of sp³-hybridized carbons (Fsp3) is 0.917. The smallest absolute Gasteiger partial charge is 0.226 e. The van der Waals surface area contributed by atoms with Gasteiger partial charge in [0.2, 0.25) is 5.91 Å². The van der Waals surface area contributed by atoms with E-state index >= 15 is 0 Å². The molecule has 0 aliphatic rings. The van der Waals surface area contributed by atoms with Crippen molar-refractivity contribution in [3.63, 3.8) is 0 Å². The second-order valence-electron chi connectivity index (χ2n) is 5.06. The summed E-state index contributed by atoms with van der Waals surface area (Å²) in [5.74, 6) is 0.372. The molecule has 1 atom stereocenters. The molecule has 0 bridgehead atoms. The standard InChI is InChI=1S/C12H25ClN2O/c1-6-7-15(5)10(2)8-14-11(16)12(3,4)9-13/h10H,6-9H2,1-5H3,(H,14,16). The predicted octanol–water partition coefficient (Wildman–Crippen LogP) is 2.10. The van der Waals surface area contributed by atoms with Crippen LogP contribution in [0.3, 0.4) is 0 Å². The number of likely N-dealkylation sites (N-methyl/N-ethyl adjacent to an activating group) is 1. The van der Waals surface area contributed by atoms with Gasteiger partial charge in [-0.3, -0.25) is 4.79 Å². The minimum atomic E-state index is -0.482. The Balaban J connectivity index is 4.01. The molecule has 16 heavy (non-hydrogen) atoms. The molecule has 0 fully saturated rings. The molecule has 1 N–H and O–H groups in total. The van der Waals surface area contributed by atoms with Gasteiger partial charge in [-0.25, -0.2) is 0 Å². The van der Waals surface area contributed by atoms with Crippen LogP contribution in [0.2, 0.25) is 0 Å². The molecule has 1 amide bonds. The van der Waals surface area contributed by atoms with Gasteiger partial charge in [0, 0.05) is 18.5 Å². The average Bonchev–Trinajstić information content (AvgIpc) is 2.25. The number of hydrogen-bond donors (Lipinski definition) is 1. The quantitative estimate of drug-likeness (QED) is 0.700. The van der Waals surface area contributed by atoms with E-state index in [-0.39, 0.29) is 5.91 Å². The first-order chi connectivity index (χ1) is 7.35. The van der Waals surface area contributed by atoms with Crippen molar-refractivity contribution < 1.29 is 4.79 Å². The molecule has 4 heteroatoms. The number of alkyl halides is 1. The second-order valence-corrected chi connectivity index (χ2v) is 5.32. The molecule has 96 valence electrons. The molecule has 0 heterocycles. The number of hydrogen-bond acceptors (Lipinski definition) is 2. The van der Waals surface area contributed by atoms with Gasteiger partial charge in [-0.05, 0) is 40.8 Å². The van der Waals surface area contributed by atoms with Crippen LogP contribution < -0.4 is 5.32 Å². The van der Waals surface area contributed by atoms with Gasteiger partial charge in [-0.2, -0.15) is 0 Å². The van der Waals surface area contributed by atoms with Crippen LogP contribution >= 0.6 is 11.6 Å². The fourth-order valence-electron chi connectivity index (χ4n) is 1.27. The molecule has 0 aromatic heterocycles. The Morgan fingerprint density at radius 1 is 1.50 bits per heavy atom. The summed E-state index contributed by atoms with van der Waals surface area (Å²) < 4.78 is 0. The number of nitrogens with zero attached hydrogens (tertiary/aromatic N) is 1. The van der Waals surface area contributed by atoms with Crippen molar-refractivity contribution in [2.45, 2.75) is 40.2 Å². The number of carbonyl (C=O) groups excluding carboxylic acids is 1. The van der Waals surface area contributed by atoms with Crippen LogP contribution in [0.4, 0.5) is 0 Å². The molecule has 3 nitrogen and oxygen atoms in total. The first-order valence-corrected chi connectivity index (χ1v) is 6.43. The lowest BCUT2D eigenvalue weighted by atomic mass is 9.95. The van der Waals surface area contributed by atoms with Crippen molar-refractivity contribution in [1.82, 2.24) is 10.2 Å². The predicted molar refractivity (Wildman–Crippen MR) is 69.9 cm³/mol. The van der Waals surface area contributed by atoms with E-state index in [9.17, 15) is 4.79 Å². The molecule has 0 spiro atoms. The normalized spacial score (nSPS) is 13.9. The van der Waals surface area contributed by atoms with Gasteiger partial charge in [-0.1, -0.05) is 6.92 Å². The number of carbonyl (C=O) groups is 1. The summed E-state index contributed by atoms with van der Waals surface area (Å²) in [4.78, 5) is 14.0. The highest BCUT2D eigenvalue weighted by atomic mass is 35.5. The molecule has 0 rings (SSSR count). The third kappa shape index (κ3) is 5.17. The van der Waals surface area contributed by atoms with Gasteiger partial charge in [0.15, 0.2) is 0 Å². The van der Waals surface area contributed by atoms with E-state index < -0.39 is 5.41 Å². The summed E-state index contributed by atoms with van der Waals surface area (Å²) in [6.45, 7) is 9.71. The maximum atomic E-state index is 11.8. The lowest BCUT2D eigenvalue weighted by Crippen LogP contribution is -2.45. The minimum absolute atomic E-state index is 0.0271. The average molecular weight is 249 g/mol. The molecule has 0 radical (unpaired) electrons. The zero-order chi connectivity index (χ0) is 12.8. The number of halogens is 1. The van der Waals surface area contributed by atoms with E-state index in [1.807, 2.05) is 13.8 Å². The van der Waals surface area contributed by atoms with Gasteiger partial charge >= 0.3 is 0 Å². The highest BCUT2D eigenvalue weighted by Gasteiger charge is 2.26. The van der Waals surface area contributed by atoms with Crippen molar-refractivity contribution in [2.75, 3.05) is 26.0 Å². The van der Waals surface area contributed by atoms with E-state index in [0.29, 0.717) is 18.5 Å². The zero-order valence-corrected chi connectivity index (χ0v) is 11.9. The third-order valence-corrected chi connectivity index (χ3v) is 3.50. The topological polar surface area (TPSA) is 32.3 Å². The van der Waals surface area contributed by atoms with Gasteiger partial charge in [0.05, 0.1) is 5.41 Å². The van der Waals surface area contributed by atoms with Gasteiger partial charge in [0.25, 0.3) is 0 Å². The van der Waals surface area contributed by atoms with Crippen LogP contribution in [-0.2, 0) is 4.79 Å². The molecular formula is C12H25ClN2O. The highest BCUT2D eigenvalue weighted by Crippen LogP contribution is 2.16. The van der Waals surface area contributed by atoms with Crippen molar-refractivity contribution in [1.29, 1.82) is 0 Å². The number of amides is 1. The van der Waals surface area contributed by atoms with Gasteiger partial charge in [-0.15, -0.1) is 11.6 Å². The van der Waals surface area contributed by atoms with E-state index in [2.05, 4.69) is 31.1 Å². The first-order valence-electron chi connectivity index (χ1n) is 5.89. The number of rotatable bonds is 7. The zero-order valence-electron chi connectivity index (χ0n) is 11.1. The molecule has 0 aromatic rings. The summed E-state index contributed by atoms with van der Waals surface area (Å²) in [7, 11) is 2.08. The Kier molecular flexibility index (Phi) is 7.00. The monoisotopic (exact) mass is 248 g/mol. The Morgan fingerprint density at radius 2 is 2.06 bits per heavy atom. The molecule has 0 aliphatic heterocycles. The molecule has 1 unspecified atom stereocenters. The second kappa shape index (κ2) is 7.13. The van der Waals surface area contributed by atoms with Crippen molar-refractivity contribution >= 4 is 17.5 Å². The largest absolute Gasteiger partial charge is 0.354 e. The van der Waals surface area contributed by atoms with Crippen LogP contribution in [0.15, 0.2) is 0 Å².